The van der Waals surface area contributed by atoms with Crippen molar-refractivity contribution in [1.29, 1.82) is 0 Å². The van der Waals surface area contributed by atoms with Crippen LogP contribution in [0, 0.1) is 0 Å². The lowest BCUT2D eigenvalue weighted by atomic mass is 10.0. The number of hydrogen-bond acceptors (Lipinski definition) is 3. The minimum atomic E-state index is -0.121. The zero-order valence-corrected chi connectivity index (χ0v) is 13.1. The van der Waals surface area contributed by atoms with E-state index in [1.165, 1.54) is 10.5 Å². The Bertz CT molecular complexity index is 630. The Kier molecular flexibility index (Phi) is 4.08. The lowest BCUT2D eigenvalue weighted by Gasteiger charge is -2.25. The summed E-state index contributed by atoms with van der Waals surface area (Å²) in [5.41, 5.74) is 1.65. The van der Waals surface area contributed by atoms with Gasteiger partial charge in [0.2, 0.25) is 0 Å². The maximum absolute atomic E-state index is 12.2. The van der Waals surface area contributed by atoms with Crippen LogP contribution in [0.1, 0.15) is 28.5 Å². The van der Waals surface area contributed by atoms with Crippen LogP contribution in [0.15, 0.2) is 52.0 Å². The number of carbonyl (C=O) groups excluding carboxylic acids is 1. The number of hydrogen-bond donors (Lipinski definition) is 1. The Hall–Kier alpha value is -1.33. The summed E-state index contributed by atoms with van der Waals surface area (Å²) in [5, 5.41) is 3.08. The van der Waals surface area contributed by atoms with Crippen molar-refractivity contribution >= 4 is 33.6 Å². The molecule has 1 unspecified atom stereocenters. The summed E-state index contributed by atoms with van der Waals surface area (Å²) < 4.78 is 0.869. The molecule has 2 aromatic rings. The molecule has 0 aliphatic carbocycles. The molecule has 1 N–H and O–H groups in total. The number of pyridine rings is 1. The second kappa shape index (κ2) is 5.97. The molecule has 1 amide bonds. The van der Waals surface area contributed by atoms with Crippen molar-refractivity contribution in [2.24, 2.45) is 0 Å². The number of aromatic nitrogens is 1. The van der Waals surface area contributed by atoms with Gasteiger partial charge in [0.1, 0.15) is 5.69 Å². The molecule has 2 heterocycles. The van der Waals surface area contributed by atoms with Gasteiger partial charge in [0.05, 0.1) is 6.04 Å². The molecule has 1 aromatic heterocycles. The van der Waals surface area contributed by atoms with E-state index in [0.29, 0.717) is 5.69 Å². The third kappa shape index (κ3) is 2.88. The van der Waals surface area contributed by atoms with Crippen molar-refractivity contribution < 1.29 is 4.79 Å². The summed E-state index contributed by atoms with van der Waals surface area (Å²) in [7, 11) is 0. The van der Waals surface area contributed by atoms with E-state index in [-0.39, 0.29) is 11.9 Å². The Balaban J connectivity index is 1.79. The standard InChI is InChI=1S/C15H13BrN2OS/c16-10-5-6-13(17-9-10)15(19)18-12-7-8-20-14-4-2-1-3-11(12)14/h1-6,9,12H,7-8H2,(H,18,19). The van der Waals surface area contributed by atoms with E-state index in [0.717, 1.165) is 16.6 Å². The van der Waals surface area contributed by atoms with Gasteiger partial charge in [0.15, 0.2) is 0 Å². The van der Waals surface area contributed by atoms with Crippen LogP contribution in [-0.4, -0.2) is 16.6 Å². The molecule has 0 saturated heterocycles. The molecule has 1 aliphatic rings. The summed E-state index contributed by atoms with van der Waals surface area (Å²) in [5.74, 6) is 0.902. The fraction of sp³-hybridized carbons (Fsp3) is 0.200. The van der Waals surface area contributed by atoms with E-state index in [9.17, 15) is 4.79 Å². The van der Waals surface area contributed by atoms with E-state index in [1.54, 1.807) is 12.3 Å². The summed E-state index contributed by atoms with van der Waals surface area (Å²) in [6.07, 6.45) is 2.59. The summed E-state index contributed by atoms with van der Waals surface area (Å²) in [6.45, 7) is 0. The molecule has 0 radical (unpaired) electrons. The van der Waals surface area contributed by atoms with Crippen LogP contribution in [-0.2, 0) is 0 Å². The number of halogens is 1. The Morgan fingerprint density at radius 1 is 1.30 bits per heavy atom. The van der Waals surface area contributed by atoms with Gasteiger partial charge in [-0.2, -0.15) is 0 Å². The van der Waals surface area contributed by atoms with Crippen LogP contribution >= 0.6 is 27.7 Å². The molecule has 1 aliphatic heterocycles. The minimum Gasteiger partial charge on any atom is -0.344 e. The molecule has 102 valence electrons. The Labute approximate surface area is 130 Å². The molecule has 0 saturated carbocycles. The maximum atomic E-state index is 12.2. The van der Waals surface area contributed by atoms with Gasteiger partial charge in [-0.05, 0) is 46.1 Å². The second-order valence-electron chi connectivity index (χ2n) is 4.56. The molecule has 0 fully saturated rings. The van der Waals surface area contributed by atoms with Crippen molar-refractivity contribution in [2.75, 3.05) is 5.75 Å². The number of amides is 1. The minimum absolute atomic E-state index is 0.0744. The number of nitrogens with zero attached hydrogens (tertiary/aromatic N) is 1. The lowest BCUT2D eigenvalue weighted by Crippen LogP contribution is -2.31. The molecule has 5 heteroatoms. The molecular weight excluding hydrogens is 336 g/mol. The van der Waals surface area contributed by atoms with Gasteiger partial charge in [-0.15, -0.1) is 11.8 Å². The predicted octanol–water partition coefficient (Wildman–Crippen LogP) is 3.81. The zero-order chi connectivity index (χ0) is 13.9. The van der Waals surface area contributed by atoms with Gasteiger partial charge >= 0.3 is 0 Å². The highest BCUT2D eigenvalue weighted by molar-refractivity contribution is 9.10. The summed E-state index contributed by atoms with van der Waals surface area (Å²) >= 11 is 5.16. The molecule has 3 rings (SSSR count). The molecule has 1 aromatic carbocycles. The van der Waals surface area contributed by atoms with Crippen molar-refractivity contribution in [3.63, 3.8) is 0 Å². The third-order valence-electron chi connectivity index (χ3n) is 3.22. The van der Waals surface area contributed by atoms with Crippen LogP contribution in [0.5, 0.6) is 0 Å². The van der Waals surface area contributed by atoms with Gasteiger partial charge in [-0.1, -0.05) is 18.2 Å². The zero-order valence-electron chi connectivity index (χ0n) is 10.7. The van der Waals surface area contributed by atoms with Gasteiger partial charge in [0, 0.05) is 21.3 Å². The molecule has 20 heavy (non-hydrogen) atoms. The van der Waals surface area contributed by atoms with Crippen LogP contribution in [0.2, 0.25) is 0 Å². The highest BCUT2D eigenvalue weighted by atomic mass is 79.9. The van der Waals surface area contributed by atoms with Crippen LogP contribution < -0.4 is 5.32 Å². The van der Waals surface area contributed by atoms with E-state index in [1.807, 2.05) is 30.0 Å². The molecule has 1 atom stereocenters. The van der Waals surface area contributed by atoms with Gasteiger partial charge in [0.25, 0.3) is 5.91 Å². The third-order valence-corrected chi connectivity index (χ3v) is 4.82. The maximum Gasteiger partial charge on any atom is 0.270 e. The molecule has 0 spiro atoms. The number of rotatable bonds is 2. The summed E-state index contributed by atoms with van der Waals surface area (Å²) in [6, 6.07) is 11.9. The van der Waals surface area contributed by atoms with E-state index in [2.05, 4.69) is 38.4 Å². The lowest BCUT2D eigenvalue weighted by molar-refractivity contribution is 0.0930. The van der Waals surface area contributed by atoms with Gasteiger partial charge in [-0.3, -0.25) is 4.79 Å². The number of thioether (sulfide) groups is 1. The van der Waals surface area contributed by atoms with Crippen molar-refractivity contribution in [1.82, 2.24) is 10.3 Å². The number of carbonyl (C=O) groups is 1. The van der Waals surface area contributed by atoms with Crippen molar-refractivity contribution in [2.45, 2.75) is 17.4 Å². The first-order valence-corrected chi connectivity index (χ1v) is 8.16. The van der Waals surface area contributed by atoms with Crippen LogP contribution in [0.3, 0.4) is 0 Å². The van der Waals surface area contributed by atoms with Crippen LogP contribution in [0.4, 0.5) is 0 Å². The van der Waals surface area contributed by atoms with E-state index >= 15 is 0 Å². The molecular formula is C15H13BrN2OS. The Morgan fingerprint density at radius 2 is 2.15 bits per heavy atom. The van der Waals surface area contributed by atoms with Crippen LogP contribution in [0.25, 0.3) is 0 Å². The average molecular weight is 349 g/mol. The number of fused-ring (bicyclic) bond motifs is 1. The number of nitrogens with one attached hydrogen (secondary N) is 1. The first-order chi connectivity index (χ1) is 9.74. The highest BCUT2D eigenvalue weighted by Crippen LogP contribution is 2.35. The Morgan fingerprint density at radius 3 is 2.95 bits per heavy atom. The quantitative estimate of drug-likeness (QED) is 0.897. The first kappa shape index (κ1) is 13.6. The van der Waals surface area contributed by atoms with Gasteiger partial charge < -0.3 is 5.32 Å². The number of benzene rings is 1. The fourth-order valence-corrected chi connectivity index (χ4v) is 3.59. The fourth-order valence-electron chi connectivity index (χ4n) is 2.23. The normalized spacial score (nSPS) is 17.4. The second-order valence-corrected chi connectivity index (χ2v) is 6.62. The van der Waals surface area contributed by atoms with Crippen molar-refractivity contribution in [3.05, 3.63) is 58.3 Å². The highest BCUT2D eigenvalue weighted by Gasteiger charge is 2.22. The van der Waals surface area contributed by atoms with E-state index < -0.39 is 0 Å². The molecule has 0 bridgehead atoms. The van der Waals surface area contributed by atoms with Crippen molar-refractivity contribution in [3.8, 4) is 0 Å². The van der Waals surface area contributed by atoms with E-state index in [4.69, 9.17) is 0 Å². The summed E-state index contributed by atoms with van der Waals surface area (Å²) in [4.78, 5) is 17.6. The predicted molar refractivity (Wildman–Crippen MR) is 83.9 cm³/mol. The van der Waals surface area contributed by atoms with Gasteiger partial charge in [-0.25, -0.2) is 4.98 Å². The topological polar surface area (TPSA) is 42.0 Å². The average Bonchev–Trinajstić information content (AvgIpc) is 2.48. The SMILES string of the molecule is O=C(NC1CCSc2ccccc21)c1ccc(Br)cn1. The molecule has 3 nitrogen and oxygen atoms in total. The largest absolute Gasteiger partial charge is 0.344 e. The monoisotopic (exact) mass is 348 g/mol. The smallest absolute Gasteiger partial charge is 0.270 e. The first-order valence-electron chi connectivity index (χ1n) is 6.38.